The molecule has 0 bridgehead atoms. The standard InChI is InChI=1S/C26H33NO6/c1-16(29)27-21(17-7-5-4-6-8-17)11-23(30)33-18-12-25(2,15-28)22-10-9-19-20(14-32-24(19)31)26(22,3)13-18/h4-8,18,21-22,28H,9-15H2,1-3H3,(H,27,29)/t18-,21-,22+,25-,26-/m1/s1. The number of cyclic esters (lactones) is 1. The molecule has 2 aliphatic carbocycles. The molecule has 4 rings (SSSR count). The first-order valence-electron chi connectivity index (χ1n) is 11.7. The van der Waals surface area contributed by atoms with Gasteiger partial charge in [0.2, 0.25) is 5.91 Å². The van der Waals surface area contributed by atoms with Crippen LogP contribution < -0.4 is 5.32 Å². The van der Waals surface area contributed by atoms with E-state index in [1.807, 2.05) is 37.3 Å². The van der Waals surface area contributed by atoms with Crippen LogP contribution in [-0.2, 0) is 23.9 Å². The first kappa shape index (κ1) is 23.5. The molecule has 1 aromatic rings. The normalized spacial score (nSPS) is 31.8. The summed E-state index contributed by atoms with van der Waals surface area (Å²) in [7, 11) is 0. The van der Waals surface area contributed by atoms with Crippen molar-refractivity contribution in [1.82, 2.24) is 5.32 Å². The molecule has 33 heavy (non-hydrogen) atoms. The van der Waals surface area contributed by atoms with Crippen molar-refractivity contribution in [3.8, 4) is 0 Å². The predicted molar refractivity (Wildman–Crippen MR) is 121 cm³/mol. The summed E-state index contributed by atoms with van der Waals surface area (Å²) in [4.78, 5) is 36.9. The number of aliphatic hydroxyl groups excluding tert-OH is 1. The fourth-order valence-corrected chi connectivity index (χ4v) is 6.45. The lowest BCUT2D eigenvalue weighted by molar-refractivity contribution is -0.163. The van der Waals surface area contributed by atoms with Gasteiger partial charge in [0.25, 0.3) is 0 Å². The maximum atomic E-state index is 13.0. The third-order valence-corrected chi connectivity index (χ3v) is 7.90. The fraction of sp³-hybridized carbons (Fsp3) is 0.577. The van der Waals surface area contributed by atoms with E-state index in [0.29, 0.717) is 19.3 Å². The van der Waals surface area contributed by atoms with Gasteiger partial charge >= 0.3 is 11.9 Å². The number of ether oxygens (including phenoxy) is 2. The molecule has 0 saturated heterocycles. The van der Waals surface area contributed by atoms with E-state index in [2.05, 4.69) is 12.2 Å². The van der Waals surface area contributed by atoms with Gasteiger partial charge in [-0.15, -0.1) is 0 Å². The first-order chi connectivity index (χ1) is 15.7. The van der Waals surface area contributed by atoms with Crippen LogP contribution in [0.15, 0.2) is 41.5 Å². The Kier molecular flexibility index (Phi) is 6.36. The number of hydrogen-bond acceptors (Lipinski definition) is 6. The SMILES string of the molecule is CC(=O)N[C@H](CC(=O)O[C@@H]1C[C@](C)(CO)[C@@H]2CCC3=C(COC3=O)[C@@]2(C)C1)c1ccccc1. The summed E-state index contributed by atoms with van der Waals surface area (Å²) in [6.45, 7) is 5.85. The first-order valence-corrected chi connectivity index (χ1v) is 11.7. The summed E-state index contributed by atoms with van der Waals surface area (Å²) >= 11 is 0. The zero-order chi connectivity index (χ0) is 23.8. The molecule has 0 radical (unpaired) electrons. The lowest BCUT2D eigenvalue weighted by Crippen LogP contribution is -2.53. The van der Waals surface area contributed by atoms with Gasteiger partial charge in [-0.25, -0.2) is 4.79 Å². The molecule has 0 aromatic heterocycles. The molecule has 1 heterocycles. The van der Waals surface area contributed by atoms with E-state index in [0.717, 1.165) is 23.1 Å². The largest absolute Gasteiger partial charge is 0.462 e. The molecule has 1 amide bonds. The number of amides is 1. The Morgan fingerprint density at radius 3 is 2.64 bits per heavy atom. The molecule has 2 N–H and O–H groups in total. The zero-order valence-corrected chi connectivity index (χ0v) is 19.6. The smallest absolute Gasteiger partial charge is 0.334 e. The maximum absolute atomic E-state index is 13.0. The van der Waals surface area contributed by atoms with Gasteiger partial charge in [0.05, 0.1) is 12.5 Å². The zero-order valence-electron chi connectivity index (χ0n) is 19.6. The van der Waals surface area contributed by atoms with E-state index in [1.54, 1.807) is 0 Å². The molecular weight excluding hydrogens is 422 g/mol. The van der Waals surface area contributed by atoms with Gasteiger partial charge in [-0.1, -0.05) is 44.2 Å². The van der Waals surface area contributed by atoms with Gasteiger partial charge in [-0.05, 0) is 53.6 Å². The minimum absolute atomic E-state index is 0.0166. The highest BCUT2D eigenvalue weighted by Crippen LogP contribution is 2.61. The van der Waals surface area contributed by atoms with E-state index < -0.39 is 23.5 Å². The highest BCUT2D eigenvalue weighted by Gasteiger charge is 2.57. The van der Waals surface area contributed by atoms with Gasteiger partial charge in [0.15, 0.2) is 0 Å². The van der Waals surface area contributed by atoms with Gasteiger partial charge in [0.1, 0.15) is 12.7 Å². The van der Waals surface area contributed by atoms with Crippen LogP contribution in [0.2, 0.25) is 0 Å². The number of hydrogen-bond donors (Lipinski definition) is 2. The molecule has 5 atom stereocenters. The van der Waals surface area contributed by atoms with Crippen molar-refractivity contribution in [2.24, 2.45) is 16.7 Å². The van der Waals surface area contributed by atoms with Crippen LogP contribution in [0, 0.1) is 16.7 Å². The summed E-state index contributed by atoms with van der Waals surface area (Å²) in [5.74, 6) is -0.677. The van der Waals surface area contributed by atoms with Crippen molar-refractivity contribution in [2.45, 2.75) is 65.0 Å². The van der Waals surface area contributed by atoms with Crippen molar-refractivity contribution in [2.75, 3.05) is 13.2 Å². The second-order valence-corrected chi connectivity index (χ2v) is 10.2. The Balaban J connectivity index is 1.53. The molecule has 1 saturated carbocycles. The number of aliphatic hydroxyl groups is 1. The van der Waals surface area contributed by atoms with Crippen LogP contribution in [0.4, 0.5) is 0 Å². The second-order valence-electron chi connectivity index (χ2n) is 10.2. The van der Waals surface area contributed by atoms with Crippen molar-refractivity contribution in [1.29, 1.82) is 0 Å². The number of carbonyl (C=O) groups excluding carboxylic acids is 3. The quantitative estimate of drug-likeness (QED) is 0.639. The summed E-state index contributed by atoms with van der Waals surface area (Å²) in [6.07, 6.45) is 2.25. The van der Waals surface area contributed by atoms with E-state index >= 15 is 0 Å². The van der Waals surface area contributed by atoms with E-state index in [1.165, 1.54) is 6.92 Å². The van der Waals surface area contributed by atoms with E-state index in [4.69, 9.17) is 9.47 Å². The number of benzene rings is 1. The average molecular weight is 456 g/mol. The third kappa shape index (κ3) is 4.43. The number of carbonyl (C=O) groups is 3. The molecule has 3 aliphatic rings. The lowest BCUT2D eigenvalue weighted by atomic mass is 9.49. The fourth-order valence-electron chi connectivity index (χ4n) is 6.45. The summed E-state index contributed by atoms with van der Waals surface area (Å²) in [6, 6.07) is 8.88. The van der Waals surface area contributed by atoms with Gasteiger partial charge in [-0.2, -0.15) is 0 Å². The number of rotatable bonds is 6. The van der Waals surface area contributed by atoms with Crippen LogP contribution in [-0.4, -0.2) is 42.3 Å². The summed E-state index contributed by atoms with van der Waals surface area (Å²) in [5.41, 5.74) is 1.79. The molecule has 1 aromatic carbocycles. The summed E-state index contributed by atoms with van der Waals surface area (Å²) < 4.78 is 11.3. The Labute approximate surface area is 194 Å². The predicted octanol–water partition coefficient (Wildman–Crippen LogP) is 3.23. The Bertz CT molecular complexity index is 972. The van der Waals surface area contributed by atoms with Crippen LogP contribution >= 0.6 is 0 Å². The minimum Gasteiger partial charge on any atom is -0.462 e. The lowest BCUT2D eigenvalue weighted by Gasteiger charge is -2.56. The van der Waals surface area contributed by atoms with Crippen molar-refractivity contribution in [3.63, 3.8) is 0 Å². The average Bonchev–Trinajstić information content (AvgIpc) is 3.15. The maximum Gasteiger partial charge on any atom is 0.334 e. The van der Waals surface area contributed by atoms with Gasteiger partial charge < -0.3 is 19.9 Å². The molecule has 7 heteroatoms. The highest BCUT2D eigenvalue weighted by molar-refractivity contribution is 5.92. The third-order valence-electron chi connectivity index (χ3n) is 7.90. The van der Waals surface area contributed by atoms with E-state index in [-0.39, 0.29) is 42.8 Å². The second kappa shape index (κ2) is 8.93. The summed E-state index contributed by atoms with van der Waals surface area (Å²) in [5, 5.41) is 13.2. The van der Waals surface area contributed by atoms with Gasteiger partial charge in [0, 0.05) is 19.1 Å². The van der Waals surface area contributed by atoms with Crippen LogP contribution in [0.25, 0.3) is 0 Å². The number of esters is 2. The topological polar surface area (TPSA) is 102 Å². The van der Waals surface area contributed by atoms with Crippen molar-refractivity contribution in [3.05, 3.63) is 47.0 Å². The van der Waals surface area contributed by atoms with Crippen LogP contribution in [0.1, 0.15) is 64.5 Å². The number of fused-ring (bicyclic) bond motifs is 2. The molecular formula is C26H33NO6. The van der Waals surface area contributed by atoms with Crippen LogP contribution in [0.3, 0.4) is 0 Å². The molecule has 1 aliphatic heterocycles. The van der Waals surface area contributed by atoms with Crippen molar-refractivity contribution >= 4 is 17.8 Å². The molecule has 178 valence electrons. The Morgan fingerprint density at radius 2 is 1.97 bits per heavy atom. The monoisotopic (exact) mass is 455 g/mol. The Hall–Kier alpha value is -2.67. The highest BCUT2D eigenvalue weighted by atomic mass is 16.5. The van der Waals surface area contributed by atoms with Crippen LogP contribution in [0.5, 0.6) is 0 Å². The van der Waals surface area contributed by atoms with E-state index in [9.17, 15) is 19.5 Å². The minimum atomic E-state index is -0.475. The van der Waals surface area contributed by atoms with Crippen molar-refractivity contribution < 1.29 is 29.0 Å². The molecule has 0 unspecified atom stereocenters. The molecule has 0 spiro atoms. The van der Waals surface area contributed by atoms with Gasteiger partial charge in [-0.3, -0.25) is 9.59 Å². The Morgan fingerprint density at radius 1 is 1.24 bits per heavy atom. The molecule has 1 fully saturated rings. The molecule has 7 nitrogen and oxygen atoms in total. The number of nitrogens with one attached hydrogen (secondary N) is 1.